The topological polar surface area (TPSA) is 30.5 Å². The Labute approximate surface area is 107 Å². The molecule has 0 aliphatic carbocycles. The van der Waals surface area contributed by atoms with Crippen molar-refractivity contribution in [1.82, 2.24) is 5.32 Å². The van der Waals surface area contributed by atoms with Gasteiger partial charge in [-0.2, -0.15) is 0 Å². The fourth-order valence-corrected chi connectivity index (χ4v) is 1.99. The summed E-state index contributed by atoms with van der Waals surface area (Å²) in [6, 6.07) is 6.85. The van der Waals surface area contributed by atoms with E-state index in [0.717, 1.165) is 5.56 Å². The quantitative estimate of drug-likeness (QED) is 0.898. The Balaban J connectivity index is 1.88. The summed E-state index contributed by atoms with van der Waals surface area (Å²) in [5.41, 5.74) is 1.06. The Morgan fingerprint density at radius 1 is 1.22 bits per heavy atom. The second-order valence-electron chi connectivity index (χ2n) is 5.16. The van der Waals surface area contributed by atoms with E-state index in [-0.39, 0.29) is 17.9 Å². The van der Waals surface area contributed by atoms with Gasteiger partial charge in [0.15, 0.2) is 5.79 Å². The van der Waals surface area contributed by atoms with Gasteiger partial charge in [-0.15, -0.1) is 0 Å². The first-order valence-electron chi connectivity index (χ1n) is 6.26. The van der Waals surface area contributed by atoms with Gasteiger partial charge >= 0.3 is 0 Å². The van der Waals surface area contributed by atoms with Crippen LogP contribution in [0.4, 0.5) is 4.39 Å². The van der Waals surface area contributed by atoms with Crippen LogP contribution in [-0.2, 0) is 9.47 Å². The van der Waals surface area contributed by atoms with E-state index < -0.39 is 5.79 Å². The van der Waals surface area contributed by atoms with Crippen LogP contribution in [0, 0.1) is 5.82 Å². The van der Waals surface area contributed by atoms with Gasteiger partial charge in [-0.05, 0) is 38.5 Å². The van der Waals surface area contributed by atoms with Crippen LogP contribution in [0.15, 0.2) is 24.3 Å². The van der Waals surface area contributed by atoms with E-state index in [2.05, 4.69) is 5.32 Å². The van der Waals surface area contributed by atoms with Crippen molar-refractivity contribution in [3.63, 3.8) is 0 Å². The Morgan fingerprint density at radius 2 is 1.78 bits per heavy atom. The minimum absolute atomic E-state index is 0.143. The van der Waals surface area contributed by atoms with Gasteiger partial charge in [0, 0.05) is 6.04 Å². The van der Waals surface area contributed by atoms with Crippen molar-refractivity contribution in [2.45, 2.75) is 38.6 Å². The molecule has 4 heteroatoms. The first kappa shape index (κ1) is 13.5. The fourth-order valence-electron chi connectivity index (χ4n) is 1.99. The minimum atomic E-state index is -0.489. The van der Waals surface area contributed by atoms with Crippen LogP contribution in [0.25, 0.3) is 0 Å². The summed E-state index contributed by atoms with van der Waals surface area (Å²) in [4.78, 5) is 0. The van der Waals surface area contributed by atoms with Crippen molar-refractivity contribution < 1.29 is 13.9 Å². The lowest BCUT2D eigenvalue weighted by Crippen LogP contribution is -2.49. The highest BCUT2D eigenvalue weighted by Crippen LogP contribution is 2.19. The molecular weight excluding hydrogens is 233 g/mol. The zero-order valence-electron chi connectivity index (χ0n) is 11.1. The van der Waals surface area contributed by atoms with E-state index in [9.17, 15) is 4.39 Å². The Kier molecular flexibility index (Phi) is 4.00. The number of nitrogens with one attached hydrogen (secondary N) is 1. The molecule has 1 saturated heterocycles. The molecule has 1 N–H and O–H groups in total. The van der Waals surface area contributed by atoms with Crippen LogP contribution in [0.2, 0.25) is 0 Å². The van der Waals surface area contributed by atoms with Crippen LogP contribution >= 0.6 is 0 Å². The second-order valence-corrected chi connectivity index (χ2v) is 5.16. The summed E-state index contributed by atoms with van der Waals surface area (Å²) in [5.74, 6) is -0.700. The third-order valence-electron chi connectivity index (χ3n) is 3.12. The smallest absolute Gasteiger partial charge is 0.162 e. The normalized spacial score (nSPS) is 21.8. The van der Waals surface area contributed by atoms with Crippen molar-refractivity contribution in [3.8, 4) is 0 Å². The van der Waals surface area contributed by atoms with Crippen LogP contribution in [-0.4, -0.2) is 25.0 Å². The number of halogens is 1. The first-order chi connectivity index (χ1) is 8.46. The molecule has 0 amide bonds. The van der Waals surface area contributed by atoms with Gasteiger partial charge in [-0.25, -0.2) is 4.39 Å². The number of benzene rings is 1. The maximum atomic E-state index is 12.8. The van der Waals surface area contributed by atoms with E-state index >= 15 is 0 Å². The van der Waals surface area contributed by atoms with Gasteiger partial charge in [0.05, 0.1) is 19.3 Å². The van der Waals surface area contributed by atoms with E-state index in [0.29, 0.717) is 13.2 Å². The van der Waals surface area contributed by atoms with E-state index in [4.69, 9.17) is 9.47 Å². The van der Waals surface area contributed by atoms with E-state index in [1.54, 1.807) is 12.1 Å². The SMILES string of the molecule is C[C@@H](NC1COC(C)(C)OC1)c1ccc(F)cc1. The summed E-state index contributed by atoms with van der Waals surface area (Å²) in [7, 11) is 0. The Hall–Kier alpha value is -0.970. The average molecular weight is 253 g/mol. The van der Waals surface area contributed by atoms with Crippen molar-refractivity contribution in [2.24, 2.45) is 0 Å². The zero-order valence-corrected chi connectivity index (χ0v) is 11.1. The third kappa shape index (κ3) is 3.51. The van der Waals surface area contributed by atoms with Crippen LogP contribution < -0.4 is 5.32 Å². The van der Waals surface area contributed by atoms with Crippen LogP contribution in [0.5, 0.6) is 0 Å². The van der Waals surface area contributed by atoms with Gasteiger partial charge in [0.2, 0.25) is 0 Å². The molecule has 0 radical (unpaired) electrons. The Morgan fingerprint density at radius 3 is 2.33 bits per heavy atom. The maximum absolute atomic E-state index is 12.8. The summed E-state index contributed by atoms with van der Waals surface area (Å²) in [6.07, 6.45) is 0. The standard InChI is InChI=1S/C14H20FNO2/c1-10(11-4-6-12(15)7-5-11)16-13-8-17-14(2,3)18-9-13/h4-7,10,13,16H,8-9H2,1-3H3/t10-/m1/s1. The van der Waals surface area contributed by atoms with Crippen molar-refractivity contribution in [1.29, 1.82) is 0 Å². The lowest BCUT2D eigenvalue weighted by molar-refractivity contribution is -0.253. The fraction of sp³-hybridized carbons (Fsp3) is 0.571. The molecule has 1 aliphatic rings. The molecule has 18 heavy (non-hydrogen) atoms. The molecule has 0 saturated carbocycles. The molecule has 1 aromatic carbocycles. The molecule has 2 rings (SSSR count). The first-order valence-corrected chi connectivity index (χ1v) is 6.26. The molecule has 1 atom stereocenters. The summed E-state index contributed by atoms with van der Waals surface area (Å²) >= 11 is 0. The van der Waals surface area contributed by atoms with Gasteiger partial charge in [0.25, 0.3) is 0 Å². The number of ether oxygens (including phenoxy) is 2. The minimum Gasteiger partial charge on any atom is -0.349 e. The van der Waals surface area contributed by atoms with Gasteiger partial charge < -0.3 is 14.8 Å². The van der Waals surface area contributed by atoms with Crippen LogP contribution in [0.3, 0.4) is 0 Å². The maximum Gasteiger partial charge on any atom is 0.162 e. The lowest BCUT2D eigenvalue weighted by atomic mass is 10.1. The molecule has 3 nitrogen and oxygen atoms in total. The number of rotatable bonds is 3. The van der Waals surface area contributed by atoms with E-state index in [1.807, 2.05) is 20.8 Å². The third-order valence-corrected chi connectivity index (χ3v) is 3.12. The highest BCUT2D eigenvalue weighted by molar-refractivity contribution is 5.19. The Bertz CT molecular complexity index is 381. The summed E-state index contributed by atoms with van der Waals surface area (Å²) < 4.78 is 24.0. The molecule has 0 spiro atoms. The van der Waals surface area contributed by atoms with E-state index in [1.165, 1.54) is 12.1 Å². The predicted octanol–water partition coefficient (Wildman–Crippen LogP) is 2.63. The molecule has 0 bridgehead atoms. The number of hydrogen-bond acceptors (Lipinski definition) is 3. The monoisotopic (exact) mass is 253 g/mol. The molecule has 1 aromatic rings. The molecule has 0 aromatic heterocycles. The molecule has 100 valence electrons. The number of hydrogen-bond donors (Lipinski definition) is 1. The van der Waals surface area contributed by atoms with Crippen LogP contribution in [0.1, 0.15) is 32.4 Å². The highest BCUT2D eigenvalue weighted by atomic mass is 19.1. The van der Waals surface area contributed by atoms with Gasteiger partial charge in [-0.1, -0.05) is 12.1 Å². The van der Waals surface area contributed by atoms with Crippen molar-refractivity contribution in [3.05, 3.63) is 35.6 Å². The molecular formula is C14H20FNO2. The highest BCUT2D eigenvalue weighted by Gasteiger charge is 2.28. The molecule has 1 aliphatic heterocycles. The molecule has 0 unspecified atom stereocenters. The van der Waals surface area contributed by atoms with Crippen molar-refractivity contribution >= 4 is 0 Å². The van der Waals surface area contributed by atoms with Crippen molar-refractivity contribution in [2.75, 3.05) is 13.2 Å². The summed E-state index contributed by atoms with van der Waals surface area (Å²) in [5, 5.41) is 3.42. The largest absolute Gasteiger partial charge is 0.349 e. The zero-order chi connectivity index (χ0) is 13.2. The average Bonchev–Trinajstić information content (AvgIpc) is 2.33. The summed E-state index contributed by atoms with van der Waals surface area (Å²) in [6.45, 7) is 7.11. The lowest BCUT2D eigenvalue weighted by Gasteiger charge is -2.36. The van der Waals surface area contributed by atoms with Gasteiger partial charge in [-0.3, -0.25) is 0 Å². The second kappa shape index (κ2) is 5.34. The molecule has 1 fully saturated rings. The predicted molar refractivity (Wildman–Crippen MR) is 67.7 cm³/mol. The molecule has 1 heterocycles. The van der Waals surface area contributed by atoms with Gasteiger partial charge in [0.1, 0.15) is 5.82 Å².